The van der Waals surface area contributed by atoms with E-state index < -0.39 is 0 Å². The first kappa shape index (κ1) is 23.8. The molecule has 43 heavy (non-hydrogen) atoms. The van der Waals surface area contributed by atoms with Crippen LogP contribution in [-0.4, -0.2) is 4.57 Å². The molecule has 9 aromatic rings. The molecule has 0 bridgehead atoms. The molecule has 0 aliphatic heterocycles. The number of rotatable bonds is 2. The Morgan fingerprint density at radius 2 is 1.40 bits per heavy atom. The van der Waals surface area contributed by atoms with Gasteiger partial charge in [0.1, 0.15) is 5.58 Å². The van der Waals surface area contributed by atoms with Crippen LogP contribution in [0.25, 0.3) is 85.6 Å². The molecule has 0 saturated carbocycles. The summed E-state index contributed by atoms with van der Waals surface area (Å²) in [4.78, 5) is 3.91. The number of thiophene rings is 1. The van der Waals surface area contributed by atoms with Crippen molar-refractivity contribution in [3.05, 3.63) is 132 Å². The zero-order valence-corrected chi connectivity index (χ0v) is 23.4. The Kier molecular flexibility index (Phi) is 4.87. The first-order valence-electron chi connectivity index (χ1n) is 13.9. The Balaban J connectivity index is 1.32. The first-order valence-corrected chi connectivity index (χ1v) is 14.8. The second-order valence-electron chi connectivity index (χ2n) is 10.7. The van der Waals surface area contributed by atoms with E-state index in [0.29, 0.717) is 22.4 Å². The average molecular weight is 566 g/mol. The molecule has 6 aromatic carbocycles. The molecule has 0 atom stereocenters. The van der Waals surface area contributed by atoms with Crippen molar-refractivity contribution in [2.75, 3.05) is 0 Å². The molecule has 9 rings (SSSR count). The van der Waals surface area contributed by atoms with E-state index in [2.05, 4.69) is 82.2 Å². The molecule has 0 amide bonds. The Morgan fingerprint density at radius 3 is 2.28 bits per heavy atom. The molecule has 0 spiro atoms. The highest BCUT2D eigenvalue weighted by Gasteiger charge is 2.20. The van der Waals surface area contributed by atoms with Gasteiger partial charge in [0.25, 0.3) is 0 Å². The molecular weight excluding hydrogens is 547 g/mol. The number of benzene rings is 6. The Hall–Kier alpha value is -5.88. The fraction of sp³-hybridized carbons (Fsp3) is 0. The molecule has 0 fully saturated rings. The van der Waals surface area contributed by atoms with Crippen molar-refractivity contribution in [2.45, 2.75) is 0 Å². The predicted molar refractivity (Wildman–Crippen MR) is 177 cm³/mol. The van der Waals surface area contributed by atoms with Crippen LogP contribution in [0.4, 0.5) is 5.69 Å². The third-order valence-electron chi connectivity index (χ3n) is 8.43. The smallest absolute Gasteiger partial charge is 0.230 e. The molecular formula is C38H19N3OS. The quantitative estimate of drug-likeness (QED) is 0.196. The van der Waals surface area contributed by atoms with Crippen molar-refractivity contribution in [3.8, 4) is 22.9 Å². The lowest BCUT2D eigenvalue weighted by Crippen LogP contribution is -1.94. The van der Waals surface area contributed by atoms with Crippen LogP contribution in [0.5, 0.6) is 0 Å². The predicted octanol–water partition coefficient (Wildman–Crippen LogP) is 11.1. The summed E-state index contributed by atoms with van der Waals surface area (Å²) in [5, 5.41) is 16.2. The molecule has 3 heterocycles. The van der Waals surface area contributed by atoms with Crippen LogP contribution in [0.15, 0.2) is 120 Å². The molecule has 0 radical (unpaired) electrons. The van der Waals surface area contributed by atoms with E-state index >= 15 is 0 Å². The SMILES string of the molecule is [C-]#[N+]c1cc(-c2ccc3sc4ccccc4c3c2)cc2c1oc1c(-n3c4ccccc4c4ccc(C#N)cc43)cccc12. The first-order chi connectivity index (χ1) is 21.2. The fourth-order valence-electron chi connectivity index (χ4n) is 6.50. The molecule has 198 valence electrons. The third-order valence-corrected chi connectivity index (χ3v) is 9.58. The molecule has 0 aliphatic rings. The Bertz CT molecular complexity index is 2710. The fourth-order valence-corrected chi connectivity index (χ4v) is 7.58. The van der Waals surface area contributed by atoms with Crippen molar-refractivity contribution < 1.29 is 4.42 Å². The summed E-state index contributed by atoms with van der Waals surface area (Å²) in [6.45, 7) is 8.06. The number of hydrogen-bond acceptors (Lipinski definition) is 3. The van der Waals surface area contributed by atoms with E-state index in [0.717, 1.165) is 49.4 Å². The van der Waals surface area contributed by atoms with Crippen LogP contribution in [0.3, 0.4) is 0 Å². The highest BCUT2D eigenvalue weighted by Crippen LogP contribution is 2.43. The Labute approximate surface area is 249 Å². The summed E-state index contributed by atoms with van der Waals surface area (Å²) in [7, 11) is 0. The largest absolute Gasteiger partial charge is 0.465 e. The number of aromatic nitrogens is 1. The lowest BCUT2D eigenvalue weighted by molar-refractivity contribution is 0.668. The monoisotopic (exact) mass is 565 g/mol. The molecule has 0 N–H and O–H groups in total. The van der Waals surface area contributed by atoms with Crippen LogP contribution in [0.2, 0.25) is 0 Å². The molecule has 0 saturated heterocycles. The standard InChI is InChI=1S/C38H19N3OS/c1-40-31-20-24(23-14-16-36-29(18-23)27-8-3-5-12-35(27)43-36)19-30-28-9-6-11-33(38(28)42-37(30)31)41-32-10-4-2-7-25(32)26-15-13-22(21-39)17-34(26)41/h2-20H. The third kappa shape index (κ3) is 3.35. The molecule has 3 aromatic heterocycles. The number of furan rings is 1. The second-order valence-corrected chi connectivity index (χ2v) is 11.8. The maximum absolute atomic E-state index is 9.67. The number of nitriles is 1. The van der Waals surface area contributed by atoms with E-state index in [1.54, 1.807) is 11.3 Å². The van der Waals surface area contributed by atoms with Crippen molar-refractivity contribution in [1.82, 2.24) is 4.57 Å². The van der Waals surface area contributed by atoms with Gasteiger partial charge in [-0.1, -0.05) is 60.7 Å². The maximum Gasteiger partial charge on any atom is 0.230 e. The highest BCUT2D eigenvalue weighted by atomic mass is 32.1. The van der Waals surface area contributed by atoms with Crippen LogP contribution in [-0.2, 0) is 0 Å². The van der Waals surface area contributed by atoms with Crippen molar-refractivity contribution >= 4 is 80.9 Å². The van der Waals surface area contributed by atoms with Gasteiger partial charge in [-0.05, 0) is 65.7 Å². The Morgan fingerprint density at radius 1 is 0.628 bits per heavy atom. The van der Waals surface area contributed by atoms with E-state index in [1.165, 1.54) is 20.2 Å². The van der Waals surface area contributed by atoms with Gasteiger partial charge >= 0.3 is 0 Å². The van der Waals surface area contributed by atoms with E-state index in [-0.39, 0.29) is 0 Å². The minimum atomic E-state index is 0.485. The van der Waals surface area contributed by atoms with Crippen LogP contribution in [0.1, 0.15) is 5.56 Å². The summed E-state index contributed by atoms with van der Waals surface area (Å²) >= 11 is 1.80. The van der Waals surface area contributed by atoms with Crippen LogP contribution >= 0.6 is 11.3 Å². The molecule has 0 unspecified atom stereocenters. The summed E-state index contributed by atoms with van der Waals surface area (Å²) < 4.78 is 11.3. The van der Waals surface area contributed by atoms with E-state index in [4.69, 9.17) is 11.0 Å². The van der Waals surface area contributed by atoms with Crippen molar-refractivity contribution in [2.24, 2.45) is 0 Å². The zero-order valence-electron chi connectivity index (χ0n) is 22.6. The van der Waals surface area contributed by atoms with Gasteiger partial charge in [0.05, 0.1) is 34.9 Å². The van der Waals surface area contributed by atoms with E-state index in [1.807, 2.05) is 48.5 Å². The minimum absolute atomic E-state index is 0.485. The van der Waals surface area contributed by atoms with Crippen LogP contribution < -0.4 is 0 Å². The van der Waals surface area contributed by atoms with Gasteiger partial charge in [0.2, 0.25) is 5.69 Å². The molecule has 4 nitrogen and oxygen atoms in total. The summed E-state index contributed by atoms with van der Waals surface area (Å²) in [5.41, 5.74) is 7.28. The number of hydrogen-bond donors (Lipinski definition) is 0. The average Bonchev–Trinajstić information content (AvgIpc) is 3.73. The molecule has 0 aliphatic carbocycles. The number of fused-ring (bicyclic) bond motifs is 9. The van der Waals surface area contributed by atoms with E-state index in [9.17, 15) is 5.26 Å². The molecule has 5 heteroatoms. The number of nitrogens with zero attached hydrogens (tertiary/aromatic N) is 3. The van der Waals surface area contributed by atoms with Gasteiger partial charge in [0, 0.05) is 41.7 Å². The topological polar surface area (TPSA) is 46.2 Å². The van der Waals surface area contributed by atoms with Gasteiger partial charge in [-0.2, -0.15) is 5.26 Å². The van der Waals surface area contributed by atoms with Crippen molar-refractivity contribution in [1.29, 1.82) is 5.26 Å². The second kappa shape index (κ2) is 8.81. The lowest BCUT2D eigenvalue weighted by Gasteiger charge is -2.08. The van der Waals surface area contributed by atoms with Gasteiger partial charge in [-0.15, -0.1) is 11.3 Å². The lowest BCUT2D eigenvalue weighted by atomic mass is 9.99. The minimum Gasteiger partial charge on any atom is -0.465 e. The van der Waals surface area contributed by atoms with Crippen LogP contribution in [0, 0.1) is 17.9 Å². The van der Waals surface area contributed by atoms with Gasteiger partial charge in [-0.25, -0.2) is 4.85 Å². The normalized spacial score (nSPS) is 11.7. The number of para-hydroxylation sites is 2. The maximum atomic E-state index is 9.67. The zero-order chi connectivity index (χ0) is 28.7. The summed E-state index contributed by atoms with van der Waals surface area (Å²) in [5.74, 6) is 0. The highest BCUT2D eigenvalue weighted by molar-refractivity contribution is 7.25. The van der Waals surface area contributed by atoms with Crippen molar-refractivity contribution in [3.63, 3.8) is 0 Å². The van der Waals surface area contributed by atoms with Gasteiger partial charge in [-0.3, -0.25) is 0 Å². The summed E-state index contributed by atoms with van der Waals surface area (Å²) in [6.07, 6.45) is 0. The van der Waals surface area contributed by atoms with Gasteiger partial charge < -0.3 is 8.98 Å². The van der Waals surface area contributed by atoms with Gasteiger partial charge in [0.15, 0.2) is 5.58 Å². The summed E-state index contributed by atoms with van der Waals surface area (Å²) in [6, 6.07) is 41.6.